The number of ether oxygens (including phenoxy) is 2. The van der Waals surface area contributed by atoms with Crippen LogP contribution in [0.4, 0.5) is 0 Å². The summed E-state index contributed by atoms with van der Waals surface area (Å²) in [7, 11) is 0. The zero-order valence-corrected chi connectivity index (χ0v) is 10.7. The van der Waals surface area contributed by atoms with Gasteiger partial charge in [0.15, 0.2) is 6.29 Å². The van der Waals surface area contributed by atoms with Gasteiger partial charge in [0.1, 0.15) is 0 Å². The van der Waals surface area contributed by atoms with Crippen molar-refractivity contribution in [2.75, 3.05) is 19.8 Å². The van der Waals surface area contributed by atoms with Crippen LogP contribution in [0.3, 0.4) is 0 Å². The van der Waals surface area contributed by atoms with Gasteiger partial charge in [0, 0.05) is 32.2 Å². The second-order valence-corrected chi connectivity index (χ2v) is 3.77. The summed E-state index contributed by atoms with van der Waals surface area (Å²) < 4.78 is 10.9. The molecule has 0 aliphatic rings. The number of hydrogen-bond acceptors (Lipinski definition) is 3. The standard InChI is InChI=1S/C12H27NO2/c1-5-8-11(4)13-10-9-12(14-6-2)15-7-3/h11-13H,5-10H2,1-4H3. The number of nitrogens with one attached hydrogen (secondary N) is 1. The maximum Gasteiger partial charge on any atom is 0.158 e. The minimum absolute atomic E-state index is 0.0404. The molecule has 0 rings (SSSR count). The molecule has 0 radical (unpaired) electrons. The van der Waals surface area contributed by atoms with E-state index in [0.29, 0.717) is 6.04 Å². The summed E-state index contributed by atoms with van der Waals surface area (Å²) in [6, 6.07) is 0.596. The molecule has 3 heteroatoms. The van der Waals surface area contributed by atoms with Crippen LogP contribution in [-0.4, -0.2) is 32.1 Å². The summed E-state index contributed by atoms with van der Waals surface area (Å²) in [6.45, 7) is 10.8. The van der Waals surface area contributed by atoms with Crippen molar-refractivity contribution >= 4 is 0 Å². The van der Waals surface area contributed by atoms with Gasteiger partial charge in [0.05, 0.1) is 0 Å². The van der Waals surface area contributed by atoms with Crippen LogP contribution in [0.5, 0.6) is 0 Å². The average Bonchev–Trinajstić information content (AvgIpc) is 2.19. The van der Waals surface area contributed by atoms with E-state index in [4.69, 9.17) is 9.47 Å². The Morgan fingerprint density at radius 2 is 1.60 bits per heavy atom. The predicted octanol–water partition coefficient (Wildman–Crippen LogP) is 2.55. The Kier molecular flexibility index (Phi) is 10.3. The van der Waals surface area contributed by atoms with E-state index in [9.17, 15) is 0 Å². The Hall–Kier alpha value is -0.120. The fourth-order valence-electron chi connectivity index (χ4n) is 1.57. The molecule has 0 aromatic rings. The fraction of sp³-hybridized carbons (Fsp3) is 1.00. The second kappa shape index (κ2) is 10.4. The van der Waals surface area contributed by atoms with Crippen molar-refractivity contribution in [3.63, 3.8) is 0 Å². The van der Waals surface area contributed by atoms with Gasteiger partial charge in [0.25, 0.3) is 0 Å². The molecule has 0 aromatic carbocycles. The van der Waals surface area contributed by atoms with Gasteiger partial charge in [0.2, 0.25) is 0 Å². The Morgan fingerprint density at radius 3 is 2.07 bits per heavy atom. The quantitative estimate of drug-likeness (QED) is 0.570. The van der Waals surface area contributed by atoms with E-state index in [1.165, 1.54) is 12.8 Å². The van der Waals surface area contributed by atoms with Crippen LogP contribution in [0, 0.1) is 0 Å². The maximum atomic E-state index is 5.46. The van der Waals surface area contributed by atoms with Gasteiger partial charge >= 0.3 is 0 Å². The highest BCUT2D eigenvalue weighted by molar-refractivity contribution is 4.60. The Bertz CT molecular complexity index is 125. The summed E-state index contributed by atoms with van der Waals surface area (Å²) in [4.78, 5) is 0. The largest absolute Gasteiger partial charge is 0.353 e. The summed E-state index contributed by atoms with van der Waals surface area (Å²) >= 11 is 0. The van der Waals surface area contributed by atoms with Crippen LogP contribution in [0.15, 0.2) is 0 Å². The zero-order chi connectivity index (χ0) is 11.5. The van der Waals surface area contributed by atoms with Crippen LogP contribution in [0.2, 0.25) is 0 Å². The Balaban J connectivity index is 3.51. The van der Waals surface area contributed by atoms with Gasteiger partial charge in [-0.3, -0.25) is 0 Å². The number of rotatable bonds is 10. The molecule has 0 bridgehead atoms. The molecule has 0 heterocycles. The van der Waals surface area contributed by atoms with Gasteiger partial charge in [-0.05, 0) is 27.2 Å². The van der Waals surface area contributed by atoms with Crippen molar-refractivity contribution < 1.29 is 9.47 Å². The first-order chi connectivity index (χ1) is 7.24. The summed E-state index contributed by atoms with van der Waals surface area (Å²) in [5.74, 6) is 0. The molecule has 0 saturated carbocycles. The Morgan fingerprint density at radius 1 is 1.00 bits per heavy atom. The van der Waals surface area contributed by atoms with Gasteiger partial charge in [-0.1, -0.05) is 13.3 Å². The van der Waals surface area contributed by atoms with E-state index in [1.54, 1.807) is 0 Å². The average molecular weight is 217 g/mol. The van der Waals surface area contributed by atoms with E-state index < -0.39 is 0 Å². The minimum Gasteiger partial charge on any atom is -0.353 e. The molecule has 0 aromatic heterocycles. The number of hydrogen-bond donors (Lipinski definition) is 1. The van der Waals surface area contributed by atoms with Crippen molar-refractivity contribution in [1.82, 2.24) is 5.32 Å². The SMILES string of the molecule is CCCC(C)NCCC(OCC)OCC. The normalized spacial score (nSPS) is 13.4. The van der Waals surface area contributed by atoms with Crippen molar-refractivity contribution in [3.8, 4) is 0 Å². The molecule has 1 N–H and O–H groups in total. The Labute approximate surface area is 94.5 Å². The molecule has 0 saturated heterocycles. The lowest BCUT2D eigenvalue weighted by atomic mass is 10.2. The molecule has 0 aliphatic carbocycles. The van der Waals surface area contributed by atoms with Gasteiger partial charge < -0.3 is 14.8 Å². The topological polar surface area (TPSA) is 30.5 Å². The van der Waals surface area contributed by atoms with Gasteiger partial charge in [-0.2, -0.15) is 0 Å². The summed E-state index contributed by atoms with van der Waals surface area (Å²) in [5, 5.41) is 3.47. The molecular weight excluding hydrogens is 190 g/mol. The van der Waals surface area contributed by atoms with E-state index in [-0.39, 0.29) is 6.29 Å². The zero-order valence-electron chi connectivity index (χ0n) is 10.7. The third-order valence-electron chi connectivity index (χ3n) is 2.30. The third kappa shape index (κ3) is 8.85. The summed E-state index contributed by atoms with van der Waals surface area (Å²) in [6.07, 6.45) is 3.35. The molecule has 0 fully saturated rings. The molecule has 3 nitrogen and oxygen atoms in total. The van der Waals surface area contributed by atoms with Crippen LogP contribution in [0.25, 0.3) is 0 Å². The predicted molar refractivity (Wildman–Crippen MR) is 64.0 cm³/mol. The molecule has 0 amide bonds. The highest BCUT2D eigenvalue weighted by Gasteiger charge is 2.07. The highest BCUT2D eigenvalue weighted by Crippen LogP contribution is 2.01. The van der Waals surface area contributed by atoms with E-state index in [0.717, 1.165) is 26.2 Å². The second-order valence-electron chi connectivity index (χ2n) is 3.77. The van der Waals surface area contributed by atoms with E-state index in [1.807, 2.05) is 13.8 Å². The highest BCUT2D eigenvalue weighted by atomic mass is 16.7. The van der Waals surface area contributed by atoms with Crippen molar-refractivity contribution in [1.29, 1.82) is 0 Å². The van der Waals surface area contributed by atoms with Crippen LogP contribution in [-0.2, 0) is 9.47 Å². The lowest BCUT2D eigenvalue weighted by Crippen LogP contribution is -2.30. The van der Waals surface area contributed by atoms with E-state index >= 15 is 0 Å². The van der Waals surface area contributed by atoms with Crippen molar-refractivity contribution in [3.05, 3.63) is 0 Å². The molecule has 0 aliphatic heterocycles. The van der Waals surface area contributed by atoms with Gasteiger partial charge in [-0.25, -0.2) is 0 Å². The lowest BCUT2D eigenvalue weighted by molar-refractivity contribution is -0.138. The van der Waals surface area contributed by atoms with Crippen LogP contribution >= 0.6 is 0 Å². The van der Waals surface area contributed by atoms with E-state index in [2.05, 4.69) is 19.2 Å². The maximum absolute atomic E-state index is 5.46. The van der Waals surface area contributed by atoms with Crippen molar-refractivity contribution in [2.45, 2.75) is 59.3 Å². The molecule has 1 unspecified atom stereocenters. The monoisotopic (exact) mass is 217 g/mol. The minimum atomic E-state index is -0.0404. The van der Waals surface area contributed by atoms with Crippen LogP contribution in [0.1, 0.15) is 47.0 Å². The molecule has 92 valence electrons. The van der Waals surface area contributed by atoms with Gasteiger partial charge in [-0.15, -0.1) is 0 Å². The molecular formula is C12H27NO2. The smallest absolute Gasteiger partial charge is 0.158 e. The third-order valence-corrected chi connectivity index (χ3v) is 2.30. The first-order valence-corrected chi connectivity index (χ1v) is 6.21. The molecule has 1 atom stereocenters. The first kappa shape index (κ1) is 14.9. The van der Waals surface area contributed by atoms with Crippen LogP contribution < -0.4 is 5.32 Å². The first-order valence-electron chi connectivity index (χ1n) is 6.21. The molecule has 15 heavy (non-hydrogen) atoms. The summed E-state index contributed by atoms with van der Waals surface area (Å²) in [5.41, 5.74) is 0. The fourth-order valence-corrected chi connectivity index (χ4v) is 1.57. The van der Waals surface area contributed by atoms with Crippen molar-refractivity contribution in [2.24, 2.45) is 0 Å². The lowest BCUT2D eigenvalue weighted by Gasteiger charge is -2.18. The molecule has 0 spiro atoms.